The van der Waals surface area contributed by atoms with Gasteiger partial charge in [0.2, 0.25) is 5.91 Å². The van der Waals surface area contributed by atoms with Crippen molar-refractivity contribution < 1.29 is 9.59 Å². The smallest absolute Gasteiger partial charge is 0.220 e. The molecule has 1 aliphatic carbocycles. The van der Waals surface area contributed by atoms with Gasteiger partial charge in [0.15, 0.2) is 5.78 Å². The number of benzene rings is 1. The number of amides is 1. The second-order valence-corrected chi connectivity index (χ2v) is 8.33. The zero-order valence-corrected chi connectivity index (χ0v) is 16.2. The average Bonchev–Trinajstić information content (AvgIpc) is 3.45. The number of hydrogen-bond donors (Lipinski definition) is 1. The number of Topliss-reactive ketones (excluding diaryl/α,β-unsaturated/α-hetero) is 1. The van der Waals surface area contributed by atoms with Crippen molar-refractivity contribution in [2.45, 2.75) is 70.9 Å². The van der Waals surface area contributed by atoms with Gasteiger partial charge in [-0.3, -0.25) is 9.59 Å². The second-order valence-electron chi connectivity index (χ2n) is 8.33. The quantitative estimate of drug-likeness (QED) is 0.724. The van der Waals surface area contributed by atoms with Crippen LogP contribution in [0.2, 0.25) is 0 Å². The molecule has 0 radical (unpaired) electrons. The van der Waals surface area contributed by atoms with Crippen molar-refractivity contribution in [1.29, 1.82) is 0 Å². The molecule has 0 atom stereocenters. The van der Waals surface area contributed by atoms with Crippen LogP contribution in [0.25, 0.3) is 0 Å². The largest absolute Gasteiger partial charge is 0.353 e. The summed E-state index contributed by atoms with van der Waals surface area (Å²) in [5.74, 6) is 0.677. The lowest BCUT2D eigenvalue weighted by molar-refractivity contribution is -0.122. The predicted octanol–water partition coefficient (Wildman–Crippen LogP) is 3.59. The Morgan fingerprint density at radius 2 is 1.69 bits per heavy atom. The lowest BCUT2D eigenvalue weighted by Gasteiger charge is -2.32. The predicted molar refractivity (Wildman–Crippen MR) is 104 cm³/mol. The summed E-state index contributed by atoms with van der Waals surface area (Å²) in [5.41, 5.74) is 1.97. The molecule has 1 amide bonds. The van der Waals surface area contributed by atoms with Crippen molar-refractivity contribution >= 4 is 11.7 Å². The molecule has 4 heteroatoms. The van der Waals surface area contributed by atoms with E-state index < -0.39 is 0 Å². The highest BCUT2D eigenvalue weighted by Gasteiger charge is 2.32. The molecule has 1 N–H and O–H groups in total. The van der Waals surface area contributed by atoms with E-state index in [-0.39, 0.29) is 30.6 Å². The van der Waals surface area contributed by atoms with Gasteiger partial charge in [-0.05, 0) is 43.6 Å². The highest BCUT2D eigenvalue weighted by Crippen LogP contribution is 2.29. The first-order valence-corrected chi connectivity index (χ1v) is 10.2. The topological polar surface area (TPSA) is 49.4 Å². The van der Waals surface area contributed by atoms with Crippen molar-refractivity contribution in [3.8, 4) is 0 Å². The van der Waals surface area contributed by atoms with Gasteiger partial charge in [0, 0.05) is 43.6 Å². The second kappa shape index (κ2) is 8.81. The zero-order valence-electron chi connectivity index (χ0n) is 16.2. The third kappa shape index (κ3) is 5.66. The molecule has 2 aliphatic rings. The third-order valence-electron chi connectivity index (χ3n) is 5.46. The normalized spacial score (nSPS) is 18.9. The van der Waals surface area contributed by atoms with E-state index >= 15 is 0 Å². The molecular weight excluding hydrogens is 324 g/mol. The Kier molecular flexibility index (Phi) is 6.47. The van der Waals surface area contributed by atoms with Crippen LogP contribution < -0.4 is 5.32 Å². The number of carbonyl (C=O) groups is 2. The summed E-state index contributed by atoms with van der Waals surface area (Å²) in [6.45, 7) is 6.56. The summed E-state index contributed by atoms with van der Waals surface area (Å²) in [6, 6.07) is 8.94. The first-order valence-electron chi connectivity index (χ1n) is 10.2. The van der Waals surface area contributed by atoms with Crippen molar-refractivity contribution in [2.24, 2.45) is 5.92 Å². The van der Waals surface area contributed by atoms with E-state index in [2.05, 4.69) is 24.1 Å². The average molecular weight is 357 g/mol. The molecule has 1 aromatic carbocycles. The minimum Gasteiger partial charge on any atom is -0.353 e. The molecule has 0 bridgehead atoms. The van der Waals surface area contributed by atoms with Gasteiger partial charge in [0.05, 0.1) is 0 Å². The van der Waals surface area contributed by atoms with Gasteiger partial charge < -0.3 is 10.2 Å². The Bertz CT molecular complexity index is 612. The van der Waals surface area contributed by atoms with Crippen molar-refractivity contribution in [1.82, 2.24) is 10.2 Å². The summed E-state index contributed by atoms with van der Waals surface area (Å²) in [6.07, 6.45) is 6.36. The molecule has 4 nitrogen and oxygen atoms in total. The molecule has 1 aromatic rings. The Balaban J connectivity index is 1.37. The first-order chi connectivity index (χ1) is 12.5. The molecular formula is C22H32N2O2. The van der Waals surface area contributed by atoms with E-state index in [1.54, 1.807) is 0 Å². The Hall–Kier alpha value is -1.68. The molecule has 1 heterocycles. The summed E-state index contributed by atoms with van der Waals surface area (Å²) >= 11 is 0. The Morgan fingerprint density at radius 1 is 1.04 bits per heavy atom. The van der Waals surface area contributed by atoms with Gasteiger partial charge in [-0.1, -0.05) is 38.1 Å². The van der Waals surface area contributed by atoms with Crippen LogP contribution in [0.15, 0.2) is 24.3 Å². The molecule has 3 rings (SSSR count). The van der Waals surface area contributed by atoms with Crippen molar-refractivity contribution in [2.75, 3.05) is 13.1 Å². The zero-order chi connectivity index (χ0) is 18.5. The van der Waals surface area contributed by atoms with Gasteiger partial charge in [-0.15, -0.1) is 0 Å². The van der Waals surface area contributed by atoms with E-state index in [9.17, 15) is 9.59 Å². The number of carbonyl (C=O) groups excluding carboxylic acids is 2. The molecule has 0 spiro atoms. The fraction of sp³-hybridized carbons (Fsp3) is 0.636. The maximum Gasteiger partial charge on any atom is 0.220 e. The van der Waals surface area contributed by atoms with E-state index in [1.165, 1.54) is 18.4 Å². The summed E-state index contributed by atoms with van der Waals surface area (Å²) < 4.78 is 0. The van der Waals surface area contributed by atoms with Crippen LogP contribution in [0.5, 0.6) is 0 Å². The van der Waals surface area contributed by atoms with Crippen LogP contribution in [-0.4, -0.2) is 41.8 Å². The van der Waals surface area contributed by atoms with Gasteiger partial charge >= 0.3 is 0 Å². The highest BCUT2D eigenvalue weighted by atomic mass is 16.2. The van der Waals surface area contributed by atoms with Crippen LogP contribution in [-0.2, 0) is 11.2 Å². The minimum absolute atomic E-state index is 0.0136. The number of nitrogens with zero attached hydrogens (tertiary/aromatic N) is 1. The number of likely N-dealkylation sites (tertiary alicyclic amines) is 1. The summed E-state index contributed by atoms with van der Waals surface area (Å²) in [4.78, 5) is 27.0. The summed E-state index contributed by atoms with van der Waals surface area (Å²) in [7, 11) is 0. The van der Waals surface area contributed by atoms with Gasteiger partial charge in [0.25, 0.3) is 0 Å². The van der Waals surface area contributed by atoms with E-state index in [0.29, 0.717) is 11.5 Å². The fourth-order valence-corrected chi connectivity index (χ4v) is 3.82. The van der Waals surface area contributed by atoms with Crippen molar-refractivity contribution in [3.63, 3.8) is 0 Å². The van der Waals surface area contributed by atoms with Gasteiger partial charge in [-0.25, -0.2) is 0 Å². The molecule has 0 unspecified atom stereocenters. The Labute approximate surface area is 157 Å². The van der Waals surface area contributed by atoms with E-state index in [4.69, 9.17) is 0 Å². The number of ketones is 1. The SMILES string of the molecule is CC(C)Cc1ccc(C(=O)CCC(=O)NC2CCN(C3CC3)CC2)cc1. The van der Waals surface area contributed by atoms with Gasteiger partial charge in [-0.2, -0.15) is 0 Å². The molecule has 2 fully saturated rings. The number of hydrogen-bond acceptors (Lipinski definition) is 3. The minimum atomic E-state index is 0.0136. The van der Waals surface area contributed by atoms with Crippen molar-refractivity contribution in [3.05, 3.63) is 35.4 Å². The highest BCUT2D eigenvalue weighted by molar-refractivity contribution is 5.98. The maximum absolute atomic E-state index is 12.3. The molecule has 1 saturated carbocycles. The third-order valence-corrected chi connectivity index (χ3v) is 5.46. The lowest BCUT2D eigenvalue weighted by atomic mass is 9.99. The number of rotatable bonds is 8. The standard InChI is InChI=1S/C22H32N2O2/c1-16(2)15-17-3-5-18(6-4-17)21(25)9-10-22(26)23-19-11-13-24(14-12-19)20-7-8-20/h3-6,16,19-20H,7-15H2,1-2H3,(H,23,26). The van der Waals surface area contributed by atoms with Crippen LogP contribution in [0.1, 0.15) is 68.3 Å². The molecule has 142 valence electrons. The molecule has 26 heavy (non-hydrogen) atoms. The summed E-state index contributed by atoms with van der Waals surface area (Å²) in [5, 5.41) is 3.12. The molecule has 1 aliphatic heterocycles. The van der Waals surface area contributed by atoms with Gasteiger partial charge in [0.1, 0.15) is 0 Å². The number of nitrogens with one attached hydrogen (secondary N) is 1. The van der Waals surface area contributed by atoms with E-state index in [0.717, 1.165) is 38.4 Å². The van der Waals surface area contributed by atoms with Crippen LogP contribution >= 0.6 is 0 Å². The lowest BCUT2D eigenvalue weighted by Crippen LogP contribution is -2.45. The molecule has 1 saturated heterocycles. The maximum atomic E-state index is 12.3. The van der Waals surface area contributed by atoms with Crippen LogP contribution in [0.4, 0.5) is 0 Å². The Morgan fingerprint density at radius 3 is 2.27 bits per heavy atom. The monoisotopic (exact) mass is 356 g/mol. The molecule has 0 aromatic heterocycles. The van der Waals surface area contributed by atoms with Crippen LogP contribution in [0, 0.1) is 5.92 Å². The fourth-order valence-electron chi connectivity index (χ4n) is 3.82. The first kappa shape index (κ1) is 19.1. The van der Waals surface area contributed by atoms with Crippen LogP contribution in [0.3, 0.4) is 0 Å². The van der Waals surface area contributed by atoms with E-state index in [1.807, 2.05) is 24.3 Å². The number of piperidine rings is 1.